The van der Waals surface area contributed by atoms with Gasteiger partial charge in [-0.2, -0.15) is 18.3 Å². The predicted molar refractivity (Wildman–Crippen MR) is 70.0 cm³/mol. The molecule has 3 aromatic rings. The second-order valence-corrected chi connectivity index (χ2v) is 4.58. The molecule has 1 aromatic carbocycles. The molecular formula is C13H11F3N4. The number of aryl methyl sites for hydroxylation is 1. The Morgan fingerprint density at radius 2 is 2.00 bits per heavy atom. The molecule has 0 aliphatic carbocycles. The fraction of sp³-hybridized carbons (Fsp3) is 0.154. The number of nitrogen functional groups attached to an aromatic ring is 1. The third-order valence-corrected chi connectivity index (χ3v) is 3.23. The average molecular weight is 280 g/mol. The van der Waals surface area contributed by atoms with Gasteiger partial charge in [-0.15, -0.1) is 0 Å². The molecule has 3 rings (SSSR count). The number of benzene rings is 1. The largest absolute Gasteiger partial charge is 0.416 e. The van der Waals surface area contributed by atoms with Crippen LogP contribution < -0.4 is 5.73 Å². The van der Waals surface area contributed by atoms with E-state index in [9.17, 15) is 13.2 Å². The zero-order valence-electron chi connectivity index (χ0n) is 10.5. The molecule has 0 radical (unpaired) electrons. The molecule has 0 fully saturated rings. The molecule has 0 aliphatic heterocycles. The van der Waals surface area contributed by atoms with Crippen LogP contribution in [-0.2, 0) is 6.18 Å². The van der Waals surface area contributed by atoms with Crippen LogP contribution in [0.2, 0.25) is 0 Å². The standard InChI is InChI=1S/C13H11F3N4/c1-6-11(12-9(17)5-18-20-12)8-4-7(13(14,15)16)2-3-10(8)19-6/h2-5,19H,17H2,1H3,(H,18,20). The topological polar surface area (TPSA) is 70.5 Å². The molecule has 0 aliphatic rings. The number of rotatable bonds is 1. The number of alkyl halides is 3. The average Bonchev–Trinajstić information content (AvgIpc) is 2.89. The normalized spacial score (nSPS) is 12.2. The highest BCUT2D eigenvalue weighted by molar-refractivity contribution is 5.99. The first kappa shape index (κ1) is 12.6. The van der Waals surface area contributed by atoms with Gasteiger partial charge in [-0.3, -0.25) is 5.10 Å². The van der Waals surface area contributed by atoms with E-state index in [-0.39, 0.29) is 0 Å². The number of hydrogen-bond acceptors (Lipinski definition) is 2. The quantitative estimate of drug-likeness (QED) is 0.638. The lowest BCUT2D eigenvalue weighted by molar-refractivity contribution is -0.137. The molecule has 4 N–H and O–H groups in total. The Bertz CT molecular complexity index is 783. The van der Waals surface area contributed by atoms with Crippen LogP contribution in [0.1, 0.15) is 11.3 Å². The number of halogens is 3. The smallest absolute Gasteiger partial charge is 0.396 e. The van der Waals surface area contributed by atoms with Crippen LogP contribution in [0.25, 0.3) is 22.2 Å². The van der Waals surface area contributed by atoms with E-state index in [0.29, 0.717) is 27.8 Å². The number of nitrogens with two attached hydrogens (primary N) is 1. The monoisotopic (exact) mass is 280 g/mol. The van der Waals surface area contributed by atoms with Crippen LogP contribution in [-0.4, -0.2) is 15.2 Å². The highest BCUT2D eigenvalue weighted by Crippen LogP contribution is 2.37. The third kappa shape index (κ3) is 1.82. The van der Waals surface area contributed by atoms with Crippen molar-refractivity contribution in [3.63, 3.8) is 0 Å². The van der Waals surface area contributed by atoms with Gasteiger partial charge in [0.25, 0.3) is 0 Å². The summed E-state index contributed by atoms with van der Waals surface area (Å²) in [5, 5.41) is 7.00. The second-order valence-electron chi connectivity index (χ2n) is 4.58. The number of fused-ring (bicyclic) bond motifs is 1. The lowest BCUT2D eigenvalue weighted by Crippen LogP contribution is -2.04. The predicted octanol–water partition coefficient (Wildman–Crippen LogP) is 3.47. The Labute approximate surface area is 111 Å². The van der Waals surface area contributed by atoms with Crippen molar-refractivity contribution in [3.8, 4) is 11.3 Å². The van der Waals surface area contributed by atoms with Crippen LogP contribution in [0.4, 0.5) is 18.9 Å². The van der Waals surface area contributed by atoms with Crippen molar-refractivity contribution in [2.75, 3.05) is 5.73 Å². The van der Waals surface area contributed by atoms with E-state index in [0.717, 1.165) is 17.8 Å². The van der Waals surface area contributed by atoms with Gasteiger partial charge in [0.05, 0.1) is 23.1 Å². The van der Waals surface area contributed by atoms with Crippen molar-refractivity contribution >= 4 is 16.6 Å². The molecule has 0 saturated carbocycles. The molecule has 4 nitrogen and oxygen atoms in total. The molecule has 0 bridgehead atoms. The Hall–Kier alpha value is -2.44. The minimum absolute atomic E-state index is 0.395. The molecule has 2 heterocycles. The minimum atomic E-state index is -4.38. The molecule has 104 valence electrons. The molecule has 0 spiro atoms. The van der Waals surface area contributed by atoms with Crippen LogP contribution in [0.15, 0.2) is 24.4 Å². The van der Waals surface area contributed by atoms with Crippen molar-refractivity contribution in [2.24, 2.45) is 0 Å². The maximum absolute atomic E-state index is 12.8. The molecule has 0 unspecified atom stereocenters. The number of anilines is 1. The first-order valence-corrected chi connectivity index (χ1v) is 5.86. The van der Waals surface area contributed by atoms with Crippen molar-refractivity contribution in [3.05, 3.63) is 35.7 Å². The number of nitrogens with zero attached hydrogens (tertiary/aromatic N) is 1. The molecule has 0 amide bonds. The molecule has 0 atom stereocenters. The Morgan fingerprint density at radius 3 is 2.60 bits per heavy atom. The van der Waals surface area contributed by atoms with E-state index in [2.05, 4.69) is 15.2 Å². The van der Waals surface area contributed by atoms with Gasteiger partial charge in [-0.1, -0.05) is 0 Å². The van der Waals surface area contributed by atoms with E-state index in [1.54, 1.807) is 6.92 Å². The van der Waals surface area contributed by atoms with Gasteiger partial charge in [0.1, 0.15) is 0 Å². The Balaban J connectivity index is 2.31. The van der Waals surface area contributed by atoms with Gasteiger partial charge >= 0.3 is 6.18 Å². The van der Waals surface area contributed by atoms with E-state index < -0.39 is 11.7 Å². The fourth-order valence-electron chi connectivity index (χ4n) is 2.32. The number of aromatic amines is 2. The molecule has 20 heavy (non-hydrogen) atoms. The first-order valence-electron chi connectivity index (χ1n) is 5.86. The number of hydrogen-bond donors (Lipinski definition) is 3. The highest BCUT2D eigenvalue weighted by Gasteiger charge is 2.31. The zero-order chi connectivity index (χ0) is 14.5. The van der Waals surface area contributed by atoms with E-state index in [1.165, 1.54) is 12.3 Å². The van der Waals surface area contributed by atoms with Crippen molar-refractivity contribution in [1.29, 1.82) is 0 Å². The molecule has 2 aromatic heterocycles. The summed E-state index contributed by atoms with van der Waals surface area (Å²) in [6.45, 7) is 1.78. The molecule has 0 saturated heterocycles. The van der Waals surface area contributed by atoms with Crippen LogP contribution in [0.5, 0.6) is 0 Å². The summed E-state index contributed by atoms with van der Waals surface area (Å²) >= 11 is 0. The van der Waals surface area contributed by atoms with Gasteiger partial charge in [-0.25, -0.2) is 0 Å². The SMILES string of the molecule is Cc1[nH]c2ccc(C(F)(F)F)cc2c1-c1[nH]ncc1N. The van der Waals surface area contributed by atoms with Gasteiger partial charge in [0, 0.05) is 22.2 Å². The van der Waals surface area contributed by atoms with Gasteiger partial charge in [-0.05, 0) is 25.1 Å². The van der Waals surface area contributed by atoms with Crippen molar-refractivity contribution < 1.29 is 13.2 Å². The maximum atomic E-state index is 12.8. The van der Waals surface area contributed by atoms with Gasteiger partial charge < -0.3 is 10.7 Å². The summed E-state index contributed by atoms with van der Waals surface area (Å²) in [7, 11) is 0. The van der Waals surface area contributed by atoms with Crippen molar-refractivity contribution in [1.82, 2.24) is 15.2 Å². The van der Waals surface area contributed by atoms with Gasteiger partial charge in [0.15, 0.2) is 0 Å². The fourth-order valence-corrected chi connectivity index (χ4v) is 2.32. The van der Waals surface area contributed by atoms with Crippen molar-refractivity contribution in [2.45, 2.75) is 13.1 Å². The summed E-state index contributed by atoms with van der Waals surface area (Å²) in [5.74, 6) is 0. The summed E-state index contributed by atoms with van der Waals surface area (Å²) in [5.41, 5.74) is 7.98. The zero-order valence-corrected chi connectivity index (χ0v) is 10.5. The number of H-pyrrole nitrogens is 2. The first-order chi connectivity index (χ1) is 9.38. The van der Waals surface area contributed by atoms with Crippen LogP contribution >= 0.6 is 0 Å². The van der Waals surface area contributed by atoms with E-state index >= 15 is 0 Å². The highest BCUT2D eigenvalue weighted by atomic mass is 19.4. The molecular weight excluding hydrogens is 269 g/mol. The summed E-state index contributed by atoms with van der Waals surface area (Å²) in [6, 6.07) is 3.59. The van der Waals surface area contributed by atoms with E-state index in [1.807, 2.05) is 0 Å². The summed E-state index contributed by atoms with van der Waals surface area (Å²) in [6.07, 6.45) is -2.95. The maximum Gasteiger partial charge on any atom is 0.416 e. The summed E-state index contributed by atoms with van der Waals surface area (Å²) in [4.78, 5) is 3.05. The van der Waals surface area contributed by atoms with Gasteiger partial charge in [0.2, 0.25) is 0 Å². The van der Waals surface area contributed by atoms with Crippen LogP contribution in [0.3, 0.4) is 0 Å². The van der Waals surface area contributed by atoms with E-state index in [4.69, 9.17) is 5.73 Å². The summed E-state index contributed by atoms with van der Waals surface area (Å²) < 4.78 is 38.5. The lowest BCUT2D eigenvalue weighted by Gasteiger charge is -2.07. The third-order valence-electron chi connectivity index (χ3n) is 3.23. The Morgan fingerprint density at radius 1 is 1.25 bits per heavy atom. The second kappa shape index (κ2) is 4.03. The minimum Gasteiger partial charge on any atom is -0.396 e. The van der Waals surface area contributed by atoms with Crippen LogP contribution in [0, 0.1) is 6.92 Å². The Kier molecular flexibility index (Phi) is 2.53. The number of nitrogens with one attached hydrogen (secondary N) is 2. The lowest BCUT2D eigenvalue weighted by atomic mass is 10.0. The molecule has 7 heteroatoms. The number of aromatic nitrogens is 3.